The fourth-order valence-electron chi connectivity index (χ4n) is 4.53. The standard InChI is InChI=1S/C23H20F3N9OS/c1-13-10-33(7-8-35(13)17(36)11-34-12-29-15-3-2-5-28-20(15)34)21-18(32-22(37-21)23(24,25)26)19-30-14-4-6-27-9-16(14)31-19/h2-6,9,12-13H,7-8,10-11H2,1H3,(H,30,31)/t13-/m1/s1. The smallest absolute Gasteiger partial charge is 0.358 e. The van der Waals surface area contributed by atoms with Gasteiger partial charge >= 0.3 is 6.18 Å². The van der Waals surface area contributed by atoms with Crippen molar-refractivity contribution in [3.63, 3.8) is 0 Å². The largest absolute Gasteiger partial charge is 0.443 e. The SMILES string of the molecule is C[C@@H]1CN(c2sc(C(F)(F)F)nc2-c2nc3ccncc3[nH]2)CCN1C(=O)Cn1cnc2cccnc21. The topological polar surface area (TPSA) is 109 Å². The van der Waals surface area contributed by atoms with Gasteiger partial charge in [0.15, 0.2) is 11.5 Å². The van der Waals surface area contributed by atoms with Gasteiger partial charge in [0.25, 0.3) is 0 Å². The number of hydrogen-bond acceptors (Lipinski definition) is 8. The van der Waals surface area contributed by atoms with E-state index in [1.807, 2.05) is 17.9 Å². The molecule has 1 fully saturated rings. The number of nitrogens with one attached hydrogen (secondary N) is 1. The van der Waals surface area contributed by atoms with Gasteiger partial charge in [-0.2, -0.15) is 13.2 Å². The van der Waals surface area contributed by atoms with Crippen LogP contribution in [-0.4, -0.2) is 71.0 Å². The highest BCUT2D eigenvalue weighted by atomic mass is 32.1. The Morgan fingerprint density at radius 1 is 1.16 bits per heavy atom. The number of thiazole rings is 1. The van der Waals surface area contributed by atoms with Crippen LogP contribution in [0.25, 0.3) is 33.7 Å². The van der Waals surface area contributed by atoms with E-state index >= 15 is 0 Å². The van der Waals surface area contributed by atoms with Crippen LogP contribution in [0.1, 0.15) is 11.9 Å². The van der Waals surface area contributed by atoms with Gasteiger partial charge in [0.05, 0.1) is 23.6 Å². The number of rotatable bonds is 4. The second-order valence-corrected chi connectivity index (χ2v) is 9.73. The molecule has 14 heteroatoms. The van der Waals surface area contributed by atoms with E-state index in [0.29, 0.717) is 58.2 Å². The zero-order valence-corrected chi connectivity index (χ0v) is 20.3. The van der Waals surface area contributed by atoms with Gasteiger partial charge in [-0.15, -0.1) is 0 Å². The molecular formula is C23H20F3N9OS. The number of pyridine rings is 2. The summed E-state index contributed by atoms with van der Waals surface area (Å²) in [6.07, 6.45) is 1.77. The quantitative estimate of drug-likeness (QED) is 0.381. The first kappa shape index (κ1) is 23.3. The number of aromatic nitrogens is 7. The zero-order chi connectivity index (χ0) is 25.7. The van der Waals surface area contributed by atoms with E-state index in [0.717, 1.165) is 0 Å². The molecule has 1 aliphatic rings. The first-order valence-electron chi connectivity index (χ1n) is 11.5. The van der Waals surface area contributed by atoms with Crippen molar-refractivity contribution in [3.05, 3.63) is 48.1 Å². The Morgan fingerprint density at radius 2 is 2.03 bits per heavy atom. The maximum Gasteiger partial charge on any atom is 0.443 e. The molecular weight excluding hydrogens is 507 g/mol. The summed E-state index contributed by atoms with van der Waals surface area (Å²) in [5, 5.41) is -0.579. The normalized spacial score (nSPS) is 16.7. The fraction of sp³-hybridized carbons (Fsp3) is 0.304. The van der Waals surface area contributed by atoms with E-state index in [2.05, 4.69) is 29.9 Å². The van der Waals surface area contributed by atoms with Gasteiger partial charge in [0, 0.05) is 38.1 Å². The number of fused-ring (bicyclic) bond motifs is 2. The summed E-state index contributed by atoms with van der Waals surface area (Å²) in [6, 6.07) is 5.04. The molecule has 0 spiro atoms. The highest BCUT2D eigenvalue weighted by Gasteiger charge is 2.39. The van der Waals surface area contributed by atoms with E-state index in [9.17, 15) is 18.0 Å². The van der Waals surface area contributed by atoms with E-state index in [-0.39, 0.29) is 30.0 Å². The molecule has 5 aromatic heterocycles. The number of anilines is 1. The van der Waals surface area contributed by atoms with Gasteiger partial charge in [0.2, 0.25) is 10.9 Å². The van der Waals surface area contributed by atoms with Gasteiger partial charge in [-0.1, -0.05) is 11.3 Å². The van der Waals surface area contributed by atoms with Crippen molar-refractivity contribution >= 4 is 44.4 Å². The molecule has 5 aromatic rings. The number of piperazine rings is 1. The van der Waals surface area contributed by atoms with Crippen LogP contribution in [0.15, 0.2) is 43.1 Å². The lowest BCUT2D eigenvalue weighted by atomic mass is 10.2. The Morgan fingerprint density at radius 3 is 2.81 bits per heavy atom. The van der Waals surface area contributed by atoms with Crippen LogP contribution in [0.2, 0.25) is 0 Å². The number of aromatic amines is 1. The van der Waals surface area contributed by atoms with Crippen LogP contribution < -0.4 is 4.90 Å². The summed E-state index contributed by atoms with van der Waals surface area (Å²) < 4.78 is 42.6. The van der Waals surface area contributed by atoms with E-state index in [4.69, 9.17) is 0 Å². The number of H-pyrrole nitrogens is 1. The monoisotopic (exact) mass is 527 g/mol. The number of alkyl halides is 3. The predicted octanol–water partition coefficient (Wildman–Crippen LogP) is 3.58. The average Bonchev–Trinajstić information content (AvgIpc) is 3.60. The Bertz CT molecular complexity index is 1570. The second-order valence-electron chi connectivity index (χ2n) is 8.75. The summed E-state index contributed by atoms with van der Waals surface area (Å²) in [4.78, 5) is 40.7. The highest BCUT2D eigenvalue weighted by Crippen LogP contribution is 2.42. The molecule has 0 aliphatic carbocycles. The first-order chi connectivity index (χ1) is 17.8. The lowest BCUT2D eigenvalue weighted by molar-refractivity contribution is -0.137. The molecule has 1 atom stereocenters. The molecule has 37 heavy (non-hydrogen) atoms. The number of carbonyl (C=O) groups excluding carboxylic acids is 1. The van der Waals surface area contributed by atoms with E-state index < -0.39 is 11.2 Å². The molecule has 0 saturated carbocycles. The molecule has 1 saturated heterocycles. The lowest BCUT2D eigenvalue weighted by Crippen LogP contribution is -2.54. The van der Waals surface area contributed by atoms with Gasteiger partial charge in [-0.25, -0.2) is 19.9 Å². The van der Waals surface area contributed by atoms with Crippen molar-refractivity contribution in [2.24, 2.45) is 0 Å². The Hall–Kier alpha value is -4.07. The van der Waals surface area contributed by atoms with Gasteiger partial charge in [0.1, 0.15) is 22.8 Å². The summed E-state index contributed by atoms with van der Waals surface area (Å²) in [5.74, 6) is 0.137. The number of nitrogens with zero attached hydrogens (tertiary/aromatic N) is 8. The zero-order valence-electron chi connectivity index (χ0n) is 19.5. The summed E-state index contributed by atoms with van der Waals surface area (Å²) in [6.45, 7) is 3.01. The van der Waals surface area contributed by atoms with Crippen LogP contribution in [0.3, 0.4) is 0 Å². The fourth-order valence-corrected chi connectivity index (χ4v) is 5.50. The van der Waals surface area contributed by atoms with Crippen molar-refractivity contribution in [2.75, 3.05) is 24.5 Å². The van der Waals surface area contributed by atoms with Gasteiger partial charge < -0.3 is 19.4 Å². The number of amides is 1. The molecule has 0 unspecified atom stereocenters. The summed E-state index contributed by atoms with van der Waals surface area (Å²) in [7, 11) is 0. The summed E-state index contributed by atoms with van der Waals surface area (Å²) in [5.41, 5.74) is 2.65. The Kier molecular flexibility index (Phi) is 5.55. The number of imidazole rings is 2. The molecule has 6 rings (SSSR count). The third kappa shape index (κ3) is 4.26. The number of hydrogen-bond donors (Lipinski definition) is 1. The molecule has 6 heterocycles. The van der Waals surface area contributed by atoms with Crippen molar-refractivity contribution in [1.29, 1.82) is 0 Å². The Balaban J connectivity index is 1.25. The first-order valence-corrected chi connectivity index (χ1v) is 12.3. The molecule has 0 bridgehead atoms. The maximum absolute atomic E-state index is 13.6. The van der Waals surface area contributed by atoms with Gasteiger partial charge in [-0.05, 0) is 25.1 Å². The van der Waals surface area contributed by atoms with Gasteiger partial charge in [-0.3, -0.25) is 9.78 Å². The van der Waals surface area contributed by atoms with Crippen molar-refractivity contribution in [2.45, 2.75) is 25.7 Å². The van der Waals surface area contributed by atoms with Crippen molar-refractivity contribution in [3.8, 4) is 11.5 Å². The molecule has 10 nitrogen and oxygen atoms in total. The van der Waals surface area contributed by atoms with Crippen molar-refractivity contribution in [1.82, 2.24) is 39.4 Å². The summed E-state index contributed by atoms with van der Waals surface area (Å²) >= 11 is 0.585. The average molecular weight is 528 g/mol. The molecule has 190 valence electrons. The van der Waals surface area contributed by atoms with Crippen LogP contribution in [0.4, 0.5) is 18.2 Å². The Labute approximate surface area is 211 Å². The van der Waals surface area contributed by atoms with Crippen molar-refractivity contribution < 1.29 is 18.0 Å². The van der Waals surface area contributed by atoms with E-state index in [1.54, 1.807) is 46.5 Å². The van der Waals surface area contributed by atoms with Crippen LogP contribution >= 0.6 is 11.3 Å². The second kappa shape index (κ2) is 8.80. The minimum atomic E-state index is -4.59. The van der Waals surface area contributed by atoms with Crippen LogP contribution in [0, 0.1) is 0 Å². The molecule has 0 radical (unpaired) electrons. The van der Waals surface area contributed by atoms with E-state index in [1.165, 1.54) is 0 Å². The van der Waals surface area contributed by atoms with Crippen LogP contribution in [0.5, 0.6) is 0 Å². The number of carbonyl (C=O) groups is 1. The minimum absolute atomic E-state index is 0.0783. The highest BCUT2D eigenvalue weighted by molar-refractivity contribution is 7.16. The van der Waals surface area contributed by atoms with Crippen LogP contribution in [-0.2, 0) is 17.5 Å². The molecule has 1 amide bonds. The predicted molar refractivity (Wildman–Crippen MR) is 131 cm³/mol. The maximum atomic E-state index is 13.6. The number of halogens is 3. The molecule has 1 N–H and O–H groups in total. The molecule has 1 aliphatic heterocycles. The minimum Gasteiger partial charge on any atom is -0.358 e. The third-order valence-electron chi connectivity index (χ3n) is 6.27. The molecule has 0 aromatic carbocycles. The third-order valence-corrected chi connectivity index (χ3v) is 7.44. The lowest BCUT2D eigenvalue weighted by Gasteiger charge is -2.40.